The van der Waals surface area contributed by atoms with Crippen molar-refractivity contribution < 1.29 is 4.74 Å². The van der Waals surface area contributed by atoms with Crippen LogP contribution >= 0.6 is 15.9 Å². The monoisotopic (exact) mass is 523 g/mol. The van der Waals surface area contributed by atoms with Gasteiger partial charge in [0, 0.05) is 53.2 Å². The normalized spacial score (nSPS) is 20.6. The number of halogens is 1. The third-order valence-electron chi connectivity index (χ3n) is 7.60. The first kappa shape index (κ1) is 24.1. The zero-order valence-corrected chi connectivity index (χ0v) is 21.9. The lowest BCUT2D eigenvalue weighted by Gasteiger charge is -2.25. The quantitative estimate of drug-likeness (QED) is 0.339. The Labute approximate surface area is 212 Å². The van der Waals surface area contributed by atoms with Crippen molar-refractivity contribution >= 4 is 26.8 Å². The minimum absolute atomic E-state index is 0.273. The number of nitrogens with zero attached hydrogens (tertiary/aromatic N) is 1. The van der Waals surface area contributed by atoms with Crippen LogP contribution in [0.4, 0.5) is 0 Å². The van der Waals surface area contributed by atoms with Crippen LogP contribution in [0.3, 0.4) is 0 Å². The van der Waals surface area contributed by atoms with E-state index in [2.05, 4.69) is 86.7 Å². The van der Waals surface area contributed by atoms with Crippen LogP contribution in [-0.2, 0) is 4.74 Å². The van der Waals surface area contributed by atoms with Crippen molar-refractivity contribution in [2.24, 2.45) is 0 Å². The number of hydrogen-bond acceptors (Lipinski definition) is 3. The third kappa shape index (κ3) is 5.59. The Morgan fingerprint density at radius 2 is 2.03 bits per heavy atom. The summed E-state index contributed by atoms with van der Waals surface area (Å²) in [6, 6.07) is 16.6. The topological polar surface area (TPSA) is 38.2 Å². The minimum atomic E-state index is 0.273. The molecule has 2 unspecified atom stereocenters. The van der Waals surface area contributed by atoms with Crippen LogP contribution in [0.15, 0.2) is 53.1 Å². The Bertz CT molecular complexity index is 1080. The lowest BCUT2D eigenvalue weighted by atomic mass is 9.87. The molecule has 2 aromatic carbocycles. The summed E-state index contributed by atoms with van der Waals surface area (Å²) < 4.78 is 9.64. The van der Waals surface area contributed by atoms with Gasteiger partial charge in [-0.2, -0.15) is 0 Å². The van der Waals surface area contributed by atoms with E-state index in [4.69, 9.17) is 4.74 Å². The minimum Gasteiger partial charge on any atom is -0.374 e. The molecule has 1 saturated carbocycles. The van der Waals surface area contributed by atoms with E-state index >= 15 is 0 Å². The predicted molar refractivity (Wildman–Crippen MR) is 145 cm³/mol. The molecule has 0 radical (unpaired) electrons. The zero-order valence-electron chi connectivity index (χ0n) is 20.4. The van der Waals surface area contributed by atoms with Crippen molar-refractivity contribution in [2.75, 3.05) is 32.8 Å². The molecular weight excluding hydrogens is 486 g/mol. The van der Waals surface area contributed by atoms with Crippen LogP contribution in [-0.4, -0.2) is 43.5 Å². The van der Waals surface area contributed by atoms with E-state index in [0.29, 0.717) is 12.0 Å². The summed E-state index contributed by atoms with van der Waals surface area (Å²) >= 11 is 3.76. The Hall–Kier alpha value is -1.66. The molecule has 1 aliphatic heterocycles. The molecule has 2 aliphatic rings. The second-order valence-electron chi connectivity index (χ2n) is 10.1. The summed E-state index contributed by atoms with van der Waals surface area (Å²) in [5.41, 5.74) is 5.59. The largest absolute Gasteiger partial charge is 0.374 e. The second-order valence-corrected chi connectivity index (χ2v) is 11.0. The fourth-order valence-electron chi connectivity index (χ4n) is 5.84. The standard InChI is InChI=1S/C29H38BrN3O/c1-21-6-5-7-22(16-21)26(12-13-31-18-25-19-32-14-15-34-25)28-20-33(24-8-3-2-4-9-24)29-11-10-23(30)17-27(28)29/h5-7,10-11,16-17,20,24-26,31-32H,2-4,8-9,12-15,18-19H2,1H3. The van der Waals surface area contributed by atoms with Gasteiger partial charge < -0.3 is 19.9 Å². The first-order valence-corrected chi connectivity index (χ1v) is 13.9. The second kappa shape index (κ2) is 11.4. The highest BCUT2D eigenvalue weighted by atomic mass is 79.9. The van der Waals surface area contributed by atoms with Crippen LogP contribution in [0.25, 0.3) is 10.9 Å². The van der Waals surface area contributed by atoms with Crippen molar-refractivity contribution in [1.29, 1.82) is 0 Å². The van der Waals surface area contributed by atoms with Crippen molar-refractivity contribution in [3.8, 4) is 0 Å². The van der Waals surface area contributed by atoms with Gasteiger partial charge in [-0.25, -0.2) is 0 Å². The van der Waals surface area contributed by atoms with Gasteiger partial charge in [0.1, 0.15) is 0 Å². The van der Waals surface area contributed by atoms with Gasteiger partial charge >= 0.3 is 0 Å². The number of hydrogen-bond donors (Lipinski definition) is 2. The maximum Gasteiger partial charge on any atom is 0.0824 e. The van der Waals surface area contributed by atoms with Crippen LogP contribution in [0.2, 0.25) is 0 Å². The van der Waals surface area contributed by atoms with Gasteiger partial charge in [-0.3, -0.25) is 0 Å². The van der Waals surface area contributed by atoms with Gasteiger partial charge in [0.25, 0.3) is 0 Å². The predicted octanol–water partition coefficient (Wildman–Crippen LogP) is 6.32. The van der Waals surface area contributed by atoms with Crippen molar-refractivity contribution in [3.63, 3.8) is 0 Å². The molecule has 182 valence electrons. The lowest BCUT2D eigenvalue weighted by Crippen LogP contribution is -2.44. The molecule has 5 rings (SSSR count). The SMILES string of the molecule is Cc1cccc(C(CCNCC2CNCCO2)c2cn(C3CCCCC3)c3ccc(Br)cc23)c1. The van der Waals surface area contributed by atoms with Crippen LogP contribution in [0.5, 0.6) is 0 Å². The Kier molecular flexibility index (Phi) is 8.05. The highest BCUT2D eigenvalue weighted by Crippen LogP contribution is 2.39. The molecule has 1 aromatic heterocycles. The molecule has 5 heteroatoms. The van der Waals surface area contributed by atoms with Crippen LogP contribution in [0.1, 0.15) is 67.2 Å². The van der Waals surface area contributed by atoms with E-state index in [9.17, 15) is 0 Å². The summed E-state index contributed by atoms with van der Waals surface area (Å²) in [4.78, 5) is 0. The summed E-state index contributed by atoms with van der Waals surface area (Å²) in [7, 11) is 0. The zero-order chi connectivity index (χ0) is 23.3. The third-order valence-corrected chi connectivity index (χ3v) is 8.09. The molecule has 0 amide bonds. The molecule has 1 aliphatic carbocycles. The van der Waals surface area contributed by atoms with E-state index in [1.165, 1.54) is 59.7 Å². The number of nitrogens with one attached hydrogen (secondary N) is 2. The van der Waals surface area contributed by atoms with Gasteiger partial charge in [0.05, 0.1) is 12.7 Å². The smallest absolute Gasteiger partial charge is 0.0824 e. The molecule has 2 fully saturated rings. The van der Waals surface area contributed by atoms with E-state index in [1.807, 2.05) is 0 Å². The van der Waals surface area contributed by atoms with E-state index < -0.39 is 0 Å². The number of aryl methyl sites for hydroxylation is 1. The summed E-state index contributed by atoms with van der Waals surface area (Å²) in [6.45, 7) is 6.80. The number of rotatable bonds is 8. The maximum atomic E-state index is 5.88. The van der Waals surface area contributed by atoms with Gasteiger partial charge in [-0.15, -0.1) is 0 Å². The number of benzene rings is 2. The number of ether oxygens (including phenoxy) is 1. The number of fused-ring (bicyclic) bond motifs is 1. The van der Waals surface area contributed by atoms with E-state index in [-0.39, 0.29) is 6.10 Å². The highest BCUT2D eigenvalue weighted by Gasteiger charge is 2.24. The highest BCUT2D eigenvalue weighted by molar-refractivity contribution is 9.10. The van der Waals surface area contributed by atoms with Crippen LogP contribution < -0.4 is 10.6 Å². The lowest BCUT2D eigenvalue weighted by molar-refractivity contribution is 0.0293. The maximum absolute atomic E-state index is 5.88. The molecule has 2 atom stereocenters. The number of aromatic nitrogens is 1. The molecule has 1 saturated heterocycles. The first-order valence-electron chi connectivity index (χ1n) is 13.1. The Morgan fingerprint density at radius 3 is 2.82 bits per heavy atom. The molecular formula is C29H38BrN3O. The van der Waals surface area contributed by atoms with Crippen molar-refractivity contribution in [1.82, 2.24) is 15.2 Å². The van der Waals surface area contributed by atoms with E-state index in [0.717, 1.165) is 43.7 Å². The molecule has 2 heterocycles. The van der Waals surface area contributed by atoms with Gasteiger partial charge in [-0.1, -0.05) is 65.0 Å². The first-order chi connectivity index (χ1) is 16.7. The molecule has 0 spiro atoms. The summed E-state index contributed by atoms with van der Waals surface area (Å²) in [5, 5.41) is 8.51. The van der Waals surface area contributed by atoms with E-state index in [1.54, 1.807) is 0 Å². The van der Waals surface area contributed by atoms with Gasteiger partial charge in [-0.05, 0) is 62.1 Å². The van der Waals surface area contributed by atoms with Crippen LogP contribution in [0, 0.1) is 6.92 Å². The number of morpholine rings is 1. The summed E-state index contributed by atoms with van der Waals surface area (Å²) in [5.74, 6) is 0.361. The molecule has 2 N–H and O–H groups in total. The Morgan fingerprint density at radius 1 is 1.15 bits per heavy atom. The van der Waals surface area contributed by atoms with Crippen molar-refractivity contribution in [2.45, 2.75) is 63.5 Å². The van der Waals surface area contributed by atoms with Crippen molar-refractivity contribution in [3.05, 3.63) is 69.8 Å². The molecule has 4 nitrogen and oxygen atoms in total. The van der Waals surface area contributed by atoms with Gasteiger partial charge in [0.15, 0.2) is 0 Å². The summed E-state index contributed by atoms with van der Waals surface area (Å²) in [6.07, 6.45) is 10.5. The molecule has 0 bridgehead atoms. The molecule has 3 aromatic rings. The average molecular weight is 525 g/mol. The fourth-order valence-corrected chi connectivity index (χ4v) is 6.20. The van der Waals surface area contributed by atoms with Gasteiger partial charge in [0.2, 0.25) is 0 Å². The fraction of sp³-hybridized carbons (Fsp3) is 0.517. The Balaban J connectivity index is 1.45. The average Bonchev–Trinajstić information content (AvgIpc) is 3.23. The molecule has 34 heavy (non-hydrogen) atoms.